The summed E-state index contributed by atoms with van der Waals surface area (Å²) in [4.78, 5) is 8.88. The Labute approximate surface area is 136 Å². The summed E-state index contributed by atoms with van der Waals surface area (Å²) in [6.07, 6.45) is -0.0122. The lowest BCUT2D eigenvalue weighted by atomic mass is 10.2. The Morgan fingerprint density at radius 3 is 2.96 bits per heavy atom. The fraction of sp³-hybridized carbons (Fsp3) is 0.176. The molecule has 7 heteroatoms. The van der Waals surface area contributed by atoms with Gasteiger partial charge in [0, 0.05) is 17.7 Å². The van der Waals surface area contributed by atoms with E-state index in [4.69, 9.17) is 19.9 Å². The summed E-state index contributed by atoms with van der Waals surface area (Å²) in [5.74, 6) is 1.59. The number of benzene rings is 2. The average molecular weight is 322 g/mol. The van der Waals surface area contributed by atoms with Gasteiger partial charge in [-0.3, -0.25) is 0 Å². The minimum absolute atomic E-state index is 0.0122. The van der Waals surface area contributed by atoms with E-state index in [0.717, 1.165) is 16.9 Å². The lowest BCUT2D eigenvalue weighted by Gasteiger charge is -2.24. The highest BCUT2D eigenvalue weighted by Crippen LogP contribution is 2.38. The summed E-state index contributed by atoms with van der Waals surface area (Å²) in [7, 11) is 0. The van der Waals surface area contributed by atoms with E-state index in [9.17, 15) is 5.11 Å². The molecule has 1 aliphatic heterocycles. The van der Waals surface area contributed by atoms with Crippen molar-refractivity contribution in [2.24, 2.45) is 0 Å². The van der Waals surface area contributed by atoms with Gasteiger partial charge in [-0.1, -0.05) is 0 Å². The topological polar surface area (TPSA) is 99.3 Å². The molecule has 0 saturated heterocycles. The van der Waals surface area contributed by atoms with Gasteiger partial charge in [-0.25, -0.2) is 4.98 Å². The number of ether oxygens (including phenoxy) is 1. The second kappa shape index (κ2) is 4.41. The number of fused-ring (bicyclic) bond motifs is 1. The molecule has 1 aliphatic rings. The minimum Gasteiger partial charge on any atom is -0.508 e. The Hall–Kier alpha value is -3.22. The van der Waals surface area contributed by atoms with E-state index in [1.807, 2.05) is 25.1 Å². The lowest BCUT2D eigenvalue weighted by Crippen LogP contribution is -2.24. The molecule has 0 saturated carbocycles. The number of aromatic hydroxyl groups is 1. The first kappa shape index (κ1) is 13.2. The van der Waals surface area contributed by atoms with E-state index >= 15 is 0 Å². The molecule has 24 heavy (non-hydrogen) atoms. The van der Waals surface area contributed by atoms with Gasteiger partial charge in [-0.05, 0) is 25.1 Å². The zero-order valence-electron chi connectivity index (χ0n) is 12.9. The molecule has 2 aromatic heterocycles. The van der Waals surface area contributed by atoms with Gasteiger partial charge in [0.15, 0.2) is 5.58 Å². The monoisotopic (exact) mass is 322 g/mol. The molecule has 4 aromatic rings. The third-order valence-electron chi connectivity index (χ3n) is 4.22. The number of phenols is 1. The molecule has 3 heterocycles. The van der Waals surface area contributed by atoms with Crippen LogP contribution in [0.15, 0.2) is 34.7 Å². The van der Waals surface area contributed by atoms with Crippen molar-refractivity contribution in [1.29, 1.82) is 0 Å². The number of hydrogen-bond acceptors (Lipinski definition) is 6. The maximum absolute atomic E-state index is 9.90. The van der Waals surface area contributed by atoms with E-state index in [1.165, 1.54) is 0 Å². The SMILES string of the molecule is C[C@@H]1Cn2c(-c3ccc4oc(N)nc4c3)nc3cc(O)cc(c32)O1. The van der Waals surface area contributed by atoms with Crippen LogP contribution in [0.5, 0.6) is 11.5 Å². The fourth-order valence-electron chi connectivity index (χ4n) is 3.30. The van der Waals surface area contributed by atoms with Crippen molar-refractivity contribution < 1.29 is 14.3 Å². The van der Waals surface area contributed by atoms with Gasteiger partial charge in [-0.2, -0.15) is 4.98 Å². The highest BCUT2D eigenvalue weighted by molar-refractivity contribution is 5.89. The smallest absolute Gasteiger partial charge is 0.292 e. The van der Waals surface area contributed by atoms with Crippen molar-refractivity contribution in [2.45, 2.75) is 19.6 Å². The number of aromatic nitrogens is 3. The Balaban J connectivity index is 1.79. The predicted molar refractivity (Wildman–Crippen MR) is 88.9 cm³/mol. The van der Waals surface area contributed by atoms with Gasteiger partial charge in [-0.15, -0.1) is 0 Å². The third kappa shape index (κ3) is 1.78. The molecule has 5 rings (SSSR count). The number of oxazole rings is 1. The Bertz CT molecular complexity index is 1110. The number of phenolic OH excluding ortho intramolecular Hbond substituents is 1. The van der Waals surface area contributed by atoms with Crippen molar-refractivity contribution in [3.05, 3.63) is 30.3 Å². The molecule has 3 N–H and O–H groups in total. The van der Waals surface area contributed by atoms with Gasteiger partial charge < -0.3 is 24.6 Å². The summed E-state index contributed by atoms with van der Waals surface area (Å²) in [6.45, 7) is 2.67. The quantitative estimate of drug-likeness (QED) is 0.559. The largest absolute Gasteiger partial charge is 0.508 e. The van der Waals surface area contributed by atoms with Crippen LogP contribution in [-0.2, 0) is 6.54 Å². The molecule has 0 radical (unpaired) electrons. The van der Waals surface area contributed by atoms with E-state index < -0.39 is 0 Å². The summed E-state index contributed by atoms with van der Waals surface area (Å²) in [6, 6.07) is 9.08. The first-order valence-electron chi connectivity index (χ1n) is 7.65. The van der Waals surface area contributed by atoms with Crippen molar-refractivity contribution in [2.75, 3.05) is 5.73 Å². The number of imidazole rings is 1. The molecule has 7 nitrogen and oxygen atoms in total. The number of nitrogens with zero attached hydrogens (tertiary/aromatic N) is 3. The number of rotatable bonds is 1. The van der Waals surface area contributed by atoms with Crippen LogP contribution < -0.4 is 10.5 Å². The Morgan fingerprint density at radius 1 is 1.21 bits per heavy atom. The van der Waals surface area contributed by atoms with Crippen LogP contribution in [-0.4, -0.2) is 25.7 Å². The summed E-state index contributed by atoms with van der Waals surface area (Å²) >= 11 is 0. The zero-order valence-corrected chi connectivity index (χ0v) is 12.9. The fourth-order valence-corrected chi connectivity index (χ4v) is 3.30. The van der Waals surface area contributed by atoms with Crippen molar-refractivity contribution in [3.8, 4) is 22.9 Å². The average Bonchev–Trinajstić information content (AvgIpc) is 3.06. The van der Waals surface area contributed by atoms with Crippen LogP contribution in [0.2, 0.25) is 0 Å². The molecule has 120 valence electrons. The molecule has 0 amide bonds. The van der Waals surface area contributed by atoms with E-state index in [2.05, 4.69) is 9.55 Å². The number of nitrogens with two attached hydrogens (primary N) is 1. The number of hydrogen-bond donors (Lipinski definition) is 2. The van der Waals surface area contributed by atoms with Gasteiger partial charge >= 0.3 is 0 Å². The first-order valence-corrected chi connectivity index (χ1v) is 7.65. The van der Waals surface area contributed by atoms with E-state index in [1.54, 1.807) is 12.1 Å². The molecular weight excluding hydrogens is 308 g/mol. The van der Waals surface area contributed by atoms with Crippen molar-refractivity contribution in [3.63, 3.8) is 0 Å². The molecule has 0 spiro atoms. The van der Waals surface area contributed by atoms with Gasteiger partial charge in [0.05, 0.1) is 12.1 Å². The molecule has 0 bridgehead atoms. The highest BCUT2D eigenvalue weighted by Gasteiger charge is 2.24. The van der Waals surface area contributed by atoms with Gasteiger partial charge in [0.1, 0.15) is 34.5 Å². The highest BCUT2D eigenvalue weighted by atomic mass is 16.5. The Morgan fingerprint density at radius 2 is 2.08 bits per heavy atom. The van der Waals surface area contributed by atoms with Crippen LogP contribution in [0.25, 0.3) is 33.5 Å². The summed E-state index contributed by atoms with van der Waals surface area (Å²) in [5, 5.41) is 9.90. The molecule has 0 aliphatic carbocycles. The summed E-state index contributed by atoms with van der Waals surface area (Å²) < 4.78 is 13.3. The molecular formula is C17H14N4O3. The van der Waals surface area contributed by atoms with Crippen molar-refractivity contribution in [1.82, 2.24) is 14.5 Å². The molecule has 2 aromatic carbocycles. The maximum Gasteiger partial charge on any atom is 0.292 e. The summed E-state index contributed by atoms with van der Waals surface area (Å²) in [5.41, 5.74) is 9.44. The third-order valence-corrected chi connectivity index (χ3v) is 4.22. The van der Waals surface area contributed by atoms with Crippen LogP contribution in [0, 0.1) is 0 Å². The maximum atomic E-state index is 9.90. The number of anilines is 1. The van der Waals surface area contributed by atoms with Crippen LogP contribution in [0.3, 0.4) is 0 Å². The first-order chi connectivity index (χ1) is 11.6. The molecule has 1 atom stereocenters. The number of nitrogen functional groups attached to an aromatic ring is 1. The zero-order chi connectivity index (χ0) is 16.4. The van der Waals surface area contributed by atoms with E-state index in [0.29, 0.717) is 28.9 Å². The van der Waals surface area contributed by atoms with Gasteiger partial charge in [0.2, 0.25) is 0 Å². The Kier molecular flexibility index (Phi) is 2.43. The lowest BCUT2D eigenvalue weighted by molar-refractivity contribution is 0.190. The normalized spacial score (nSPS) is 16.6. The van der Waals surface area contributed by atoms with Crippen LogP contribution in [0.4, 0.5) is 6.01 Å². The van der Waals surface area contributed by atoms with Crippen LogP contribution >= 0.6 is 0 Å². The standard InChI is InChI=1S/C17H14N4O3/c1-8-7-21-15-12(5-10(22)6-14(15)23-8)19-16(21)9-2-3-13-11(4-9)20-17(18)24-13/h2-6,8,22H,7H2,1H3,(H2,18,20)/t8-/m1/s1. The van der Waals surface area contributed by atoms with Crippen LogP contribution in [0.1, 0.15) is 6.92 Å². The van der Waals surface area contributed by atoms with E-state index in [-0.39, 0.29) is 17.9 Å². The second-order valence-corrected chi connectivity index (χ2v) is 6.02. The van der Waals surface area contributed by atoms with Gasteiger partial charge in [0.25, 0.3) is 6.01 Å². The minimum atomic E-state index is -0.0122. The van der Waals surface area contributed by atoms with Crippen molar-refractivity contribution >= 4 is 28.1 Å². The second-order valence-electron chi connectivity index (χ2n) is 6.02. The molecule has 0 fully saturated rings. The molecule has 0 unspecified atom stereocenters. The predicted octanol–water partition coefficient (Wildman–Crippen LogP) is 2.91.